The molecule has 2 aliphatic rings. The lowest BCUT2D eigenvalue weighted by Crippen LogP contribution is -2.36. The Labute approximate surface area is 202 Å². The summed E-state index contributed by atoms with van der Waals surface area (Å²) in [6.45, 7) is 3.76. The van der Waals surface area contributed by atoms with Crippen molar-refractivity contribution in [3.05, 3.63) is 66.4 Å². The topological polar surface area (TPSA) is 119 Å². The summed E-state index contributed by atoms with van der Waals surface area (Å²) in [7, 11) is -3.85. The largest absolute Gasteiger partial charge is 0.486 e. The highest BCUT2D eigenvalue weighted by atomic mass is 32.2. The van der Waals surface area contributed by atoms with E-state index in [-0.39, 0.29) is 10.8 Å². The molecule has 1 amide bonds. The van der Waals surface area contributed by atoms with Gasteiger partial charge in [-0.2, -0.15) is 0 Å². The van der Waals surface area contributed by atoms with Gasteiger partial charge in [-0.25, -0.2) is 13.4 Å². The van der Waals surface area contributed by atoms with Crippen LogP contribution < -0.4 is 24.4 Å². The zero-order valence-electron chi connectivity index (χ0n) is 18.8. The molecule has 2 aromatic carbocycles. The van der Waals surface area contributed by atoms with Crippen LogP contribution in [0.1, 0.15) is 10.4 Å². The van der Waals surface area contributed by atoms with Gasteiger partial charge in [0, 0.05) is 30.4 Å². The number of aromatic nitrogens is 1. The molecule has 5 rings (SSSR count). The average Bonchev–Trinajstić information content (AvgIpc) is 2.89. The average molecular weight is 497 g/mol. The maximum atomic E-state index is 12.8. The molecule has 11 heteroatoms. The Morgan fingerprint density at radius 2 is 1.63 bits per heavy atom. The third-order valence-electron chi connectivity index (χ3n) is 5.59. The molecule has 0 aliphatic carbocycles. The van der Waals surface area contributed by atoms with Crippen molar-refractivity contribution in [3.8, 4) is 11.5 Å². The van der Waals surface area contributed by atoms with Crippen LogP contribution in [0.5, 0.6) is 11.5 Å². The quantitative estimate of drug-likeness (QED) is 0.535. The van der Waals surface area contributed by atoms with Crippen molar-refractivity contribution < 1.29 is 27.4 Å². The summed E-state index contributed by atoms with van der Waals surface area (Å²) in [5, 5.41) is 2.75. The van der Waals surface area contributed by atoms with Gasteiger partial charge in [0.2, 0.25) is 0 Å². The number of amides is 1. The van der Waals surface area contributed by atoms with Crippen LogP contribution in [0.3, 0.4) is 0 Å². The molecule has 0 unspecified atom stereocenters. The van der Waals surface area contributed by atoms with Crippen LogP contribution in [0.25, 0.3) is 0 Å². The number of hydrogen-bond donors (Lipinski definition) is 2. The van der Waals surface area contributed by atoms with E-state index < -0.39 is 10.0 Å². The molecule has 1 saturated heterocycles. The van der Waals surface area contributed by atoms with Gasteiger partial charge in [-0.1, -0.05) is 0 Å². The highest BCUT2D eigenvalue weighted by Gasteiger charge is 2.20. The van der Waals surface area contributed by atoms with E-state index in [1.807, 2.05) is 6.07 Å². The van der Waals surface area contributed by atoms with Crippen molar-refractivity contribution in [3.63, 3.8) is 0 Å². The normalized spacial score (nSPS) is 15.4. The molecule has 35 heavy (non-hydrogen) atoms. The minimum atomic E-state index is -3.85. The van der Waals surface area contributed by atoms with E-state index in [4.69, 9.17) is 14.2 Å². The summed E-state index contributed by atoms with van der Waals surface area (Å²) < 4.78 is 44.3. The van der Waals surface area contributed by atoms with Crippen LogP contribution in [-0.4, -0.2) is 58.8 Å². The summed E-state index contributed by atoms with van der Waals surface area (Å²) >= 11 is 0. The number of fused-ring (bicyclic) bond motifs is 1. The van der Waals surface area contributed by atoms with E-state index in [9.17, 15) is 13.2 Å². The molecule has 1 aromatic heterocycles. The lowest BCUT2D eigenvalue weighted by Gasteiger charge is -2.28. The van der Waals surface area contributed by atoms with E-state index in [1.54, 1.807) is 30.5 Å². The molecule has 10 nitrogen and oxygen atoms in total. The molecule has 182 valence electrons. The molecule has 0 atom stereocenters. The molecular formula is C24H24N4O6S. The number of sulfonamides is 1. The first-order valence-corrected chi connectivity index (χ1v) is 12.6. The second-order valence-electron chi connectivity index (χ2n) is 7.94. The predicted octanol–water partition coefficient (Wildman–Crippen LogP) is 2.74. The van der Waals surface area contributed by atoms with Crippen molar-refractivity contribution in [1.29, 1.82) is 0 Å². The lowest BCUT2D eigenvalue weighted by atomic mass is 10.2. The molecular weight excluding hydrogens is 472 g/mol. The number of carbonyl (C=O) groups excluding carboxylic acids is 1. The summed E-state index contributed by atoms with van der Waals surface area (Å²) in [6, 6.07) is 14.2. The van der Waals surface area contributed by atoms with E-state index in [0.717, 1.165) is 18.8 Å². The molecule has 3 aromatic rings. The summed E-state index contributed by atoms with van der Waals surface area (Å²) in [6.07, 6.45) is 1.72. The molecule has 1 fully saturated rings. The SMILES string of the molecule is O=C(Nc1ccc(N2CCOCC2)cn1)c1ccc(NS(=O)(=O)c2ccc3c(c2)OCCO3)cc1. The third-order valence-corrected chi connectivity index (χ3v) is 6.97. The van der Waals surface area contributed by atoms with Crippen LogP contribution in [-0.2, 0) is 14.8 Å². The maximum Gasteiger partial charge on any atom is 0.262 e. The van der Waals surface area contributed by atoms with Gasteiger partial charge < -0.3 is 24.4 Å². The Balaban J connectivity index is 1.22. The Hall–Kier alpha value is -3.83. The van der Waals surface area contributed by atoms with Gasteiger partial charge in [-0.15, -0.1) is 0 Å². The van der Waals surface area contributed by atoms with Crippen molar-refractivity contribution in [2.75, 3.05) is 54.5 Å². The molecule has 0 saturated carbocycles. The number of pyridine rings is 1. The van der Waals surface area contributed by atoms with Gasteiger partial charge in [0.15, 0.2) is 11.5 Å². The molecule has 2 aliphatic heterocycles. The van der Waals surface area contributed by atoms with E-state index >= 15 is 0 Å². The number of rotatable bonds is 6. The first-order chi connectivity index (χ1) is 17.0. The number of hydrogen-bond acceptors (Lipinski definition) is 8. The van der Waals surface area contributed by atoms with Crippen molar-refractivity contribution >= 4 is 33.1 Å². The van der Waals surface area contributed by atoms with Crippen molar-refractivity contribution in [2.45, 2.75) is 4.90 Å². The molecule has 3 heterocycles. The van der Waals surface area contributed by atoms with Crippen molar-refractivity contribution in [2.24, 2.45) is 0 Å². The number of morpholine rings is 1. The highest BCUT2D eigenvalue weighted by molar-refractivity contribution is 7.92. The Morgan fingerprint density at radius 1 is 0.886 bits per heavy atom. The summed E-state index contributed by atoms with van der Waals surface area (Å²) in [5.74, 6) is 0.974. The fourth-order valence-electron chi connectivity index (χ4n) is 3.75. The number of ether oxygens (including phenoxy) is 3. The van der Waals surface area contributed by atoms with Crippen LogP contribution in [0.15, 0.2) is 65.7 Å². The zero-order valence-corrected chi connectivity index (χ0v) is 19.6. The van der Waals surface area contributed by atoms with E-state index in [1.165, 1.54) is 24.3 Å². The van der Waals surface area contributed by atoms with Crippen LogP contribution >= 0.6 is 0 Å². The monoisotopic (exact) mass is 496 g/mol. The number of nitrogens with zero attached hydrogens (tertiary/aromatic N) is 2. The second-order valence-corrected chi connectivity index (χ2v) is 9.63. The standard InChI is InChI=1S/C24H24N4O6S/c29-24(26-23-8-5-19(16-25-23)28-9-11-32-12-10-28)17-1-3-18(4-2-17)27-35(30,31)20-6-7-21-22(15-20)34-14-13-33-21/h1-8,15-16,27H,9-14H2,(H,25,26,29). The predicted molar refractivity (Wildman–Crippen MR) is 130 cm³/mol. The Bertz CT molecular complexity index is 1310. The minimum absolute atomic E-state index is 0.0511. The number of carbonyl (C=O) groups is 1. The smallest absolute Gasteiger partial charge is 0.262 e. The number of benzene rings is 2. The maximum absolute atomic E-state index is 12.8. The van der Waals surface area contributed by atoms with Crippen molar-refractivity contribution in [1.82, 2.24) is 4.98 Å². The van der Waals surface area contributed by atoms with Gasteiger partial charge in [-0.05, 0) is 48.5 Å². The molecule has 0 spiro atoms. The van der Waals surface area contributed by atoms with Gasteiger partial charge >= 0.3 is 0 Å². The van der Waals surface area contributed by atoms with Crippen LogP contribution in [0.2, 0.25) is 0 Å². The summed E-state index contributed by atoms with van der Waals surface area (Å²) in [5.41, 5.74) is 1.66. The Morgan fingerprint density at radius 3 is 2.34 bits per heavy atom. The first-order valence-electron chi connectivity index (χ1n) is 11.1. The highest BCUT2D eigenvalue weighted by Crippen LogP contribution is 2.32. The minimum Gasteiger partial charge on any atom is -0.486 e. The fraction of sp³-hybridized carbons (Fsp3) is 0.250. The summed E-state index contributed by atoms with van der Waals surface area (Å²) in [4.78, 5) is 19.2. The molecule has 2 N–H and O–H groups in total. The zero-order chi connectivity index (χ0) is 24.3. The third kappa shape index (κ3) is 5.31. The molecule has 0 radical (unpaired) electrons. The fourth-order valence-corrected chi connectivity index (χ4v) is 4.83. The van der Waals surface area contributed by atoms with E-state index in [2.05, 4.69) is 19.9 Å². The second kappa shape index (κ2) is 9.80. The first kappa shape index (κ1) is 22.9. The lowest BCUT2D eigenvalue weighted by molar-refractivity contribution is 0.102. The Kier molecular flexibility index (Phi) is 6.43. The molecule has 0 bridgehead atoms. The van der Waals surface area contributed by atoms with Gasteiger partial charge in [-0.3, -0.25) is 9.52 Å². The van der Waals surface area contributed by atoms with Gasteiger partial charge in [0.05, 0.1) is 30.0 Å². The number of nitrogens with one attached hydrogen (secondary N) is 2. The van der Waals surface area contributed by atoms with Gasteiger partial charge in [0.1, 0.15) is 19.0 Å². The van der Waals surface area contributed by atoms with E-state index in [0.29, 0.717) is 55.0 Å². The van der Waals surface area contributed by atoms with Crippen LogP contribution in [0, 0.1) is 0 Å². The van der Waals surface area contributed by atoms with Gasteiger partial charge in [0.25, 0.3) is 15.9 Å². The van der Waals surface area contributed by atoms with Crippen LogP contribution in [0.4, 0.5) is 17.2 Å². The number of anilines is 3.